The molecule has 0 spiro atoms. The average Bonchev–Trinajstić information content (AvgIpc) is 3.58. The number of aromatic nitrogens is 2. The molecule has 1 atom stereocenters. The van der Waals surface area contributed by atoms with E-state index < -0.39 is 6.10 Å². The van der Waals surface area contributed by atoms with Crippen LogP contribution in [0.25, 0.3) is 16.3 Å². The summed E-state index contributed by atoms with van der Waals surface area (Å²) in [7, 11) is 1.74. The third-order valence-corrected chi connectivity index (χ3v) is 7.75. The summed E-state index contributed by atoms with van der Waals surface area (Å²) in [5, 5.41) is 14.0. The van der Waals surface area contributed by atoms with Gasteiger partial charge in [0.25, 0.3) is 0 Å². The molecule has 0 radical (unpaired) electrons. The van der Waals surface area contributed by atoms with E-state index in [9.17, 15) is 5.11 Å². The summed E-state index contributed by atoms with van der Waals surface area (Å²) in [5.41, 5.74) is 4.90. The Hall–Kier alpha value is -2.85. The summed E-state index contributed by atoms with van der Waals surface area (Å²) >= 11 is 0. The maximum atomic E-state index is 11.6. The number of fused-ring (bicyclic) bond motifs is 2. The van der Waals surface area contributed by atoms with Crippen molar-refractivity contribution in [2.45, 2.75) is 56.5 Å². The van der Waals surface area contributed by atoms with Crippen LogP contribution in [0.2, 0.25) is 0 Å². The van der Waals surface area contributed by atoms with Crippen molar-refractivity contribution >= 4 is 16.3 Å². The van der Waals surface area contributed by atoms with Crippen LogP contribution in [-0.4, -0.2) is 21.6 Å². The van der Waals surface area contributed by atoms with E-state index in [1.54, 1.807) is 7.11 Å². The van der Waals surface area contributed by atoms with Crippen LogP contribution in [0.1, 0.15) is 73.3 Å². The summed E-state index contributed by atoms with van der Waals surface area (Å²) < 4.78 is 7.72. The summed E-state index contributed by atoms with van der Waals surface area (Å²) in [5.74, 6) is 2.37. The molecule has 2 aliphatic rings. The van der Waals surface area contributed by atoms with E-state index in [1.807, 2.05) is 12.5 Å². The first-order valence-corrected chi connectivity index (χ1v) is 11.9. The van der Waals surface area contributed by atoms with Crippen LogP contribution in [0.5, 0.6) is 5.75 Å². The van der Waals surface area contributed by atoms with Crippen LogP contribution in [0, 0.1) is 5.92 Å². The molecule has 32 heavy (non-hydrogen) atoms. The van der Waals surface area contributed by atoms with Gasteiger partial charge in [-0.2, -0.15) is 0 Å². The van der Waals surface area contributed by atoms with Crippen molar-refractivity contribution in [3.8, 4) is 5.75 Å². The molecule has 4 aromatic rings. The molecular weight excluding hydrogens is 396 g/mol. The molecule has 0 aliphatic heterocycles. The largest absolute Gasteiger partial charge is 0.496 e. The number of ether oxygens (including phenoxy) is 1. The van der Waals surface area contributed by atoms with Crippen molar-refractivity contribution in [3.63, 3.8) is 0 Å². The number of nitrogens with zero attached hydrogens (tertiary/aromatic N) is 2. The molecule has 2 aromatic carbocycles. The van der Waals surface area contributed by atoms with Crippen molar-refractivity contribution in [1.29, 1.82) is 0 Å². The van der Waals surface area contributed by atoms with Gasteiger partial charge in [-0.1, -0.05) is 36.4 Å². The molecule has 0 bridgehead atoms. The number of rotatable bonds is 5. The van der Waals surface area contributed by atoms with E-state index in [4.69, 9.17) is 4.74 Å². The van der Waals surface area contributed by atoms with Gasteiger partial charge in [-0.3, -0.25) is 0 Å². The van der Waals surface area contributed by atoms with Crippen molar-refractivity contribution in [3.05, 3.63) is 77.9 Å². The summed E-state index contributed by atoms with van der Waals surface area (Å²) in [6.07, 6.45) is 10.1. The third-order valence-electron chi connectivity index (χ3n) is 7.75. The van der Waals surface area contributed by atoms with Crippen molar-refractivity contribution in [2.24, 2.45) is 5.92 Å². The topological polar surface area (TPSA) is 46.8 Å². The minimum Gasteiger partial charge on any atom is -0.496 e. The Balaban J connectivity index is 1.26. The molecule has 0 amide bonds. The fraction of sp³-hybridized carbons (Fsp3) is 0.393. The van der Waals surface area contributed by atoms with E-state index in [1.165, 1.54) is 34.7 Å². The van der Waals surface area contributed by atoms with Crippen molar-refractivity contribution < 1.29 is 9.84 Å². The molecule has 4 heteroatoms. The predicted molar refractivity (Wildman–Crippen MR) is 127 cm³/mol. The lowest BCUT2D eigenvalue weighted by Gasteiger charge is -2.33. The van der Waals surface area contributed by atoms with Crippen LogP contribution < -0.4 is 4.74 Å². The lowest BCUT2D eigenvalue weighted by atomic mass is 9.74. The van der Waals surface area contributed by atoms with Gasteiger partial charge >= 0.3 is 0 Å². The molecule has 2 fully saturated rings. The first-order chi connectivity index (χ1) is 15.7. The second kappa shape index (κ2) is 7.93. The Morgan fingerprint density at radius 3 is 2.31 bits per heavy atom. The van der Waals surface area contributed by atoms with E-state index in [0.29, 0.717) is 17.8 Å². The average molecular weight is 427 g/mol. The van der Waals surface area contributed by atoms with Gasteiger partial charge in [0.05, 0.1) is 36.9 Å². The summed E-state index contributed by atoms with van der Waals surface area (Å²) in [4.78, 5) is 4.35. The van der Waals surface area contributed by atoms with Crippen LogP contribution in [-0.2, 0) is 0 Å². The lowest BCUT2D eigenvalue weighted by Crippen LogP contribution is -2.22. The number of benzene rings is 2. The predicted octanol–water partition coefficient (Wildman–Crippen LogP) is 6.38. The first kappa shape index (κ1) is 19.8. The molecule has 164 valence electrons. The Morgan fingerprint density at radius 1 is 0.875 bits per heavy atom. The molecule has 0 unspecified atom stereocenters. The molecule has 2 saturated carbocycles. The van der Waals surface area contributed by atoms with Crippen LogP contribution >= 0.6 is 0 Å². The minimum absolute atomic E-state index is 0.293. The van der Waals surface area contributed by atoms with Gasteiger partial charge < -0.3 is 14.2 Å². The third kappa shape index (κ3) is 3.29. The minimum atomic E-state index is -0.433. The van der Waals surface area contributed by atoms with Crippen molar-refractivity contribution in [2.75, 3.05) is 7.11 Å². The zero-order valence-electron chi connectivity index (χ0n) is 18.6. The van der Waals surface area contributed by atoms with Crippen LogP contribution in [0.4, 0.5) is 0 Å². The number of hydrogen-bond donors (Lipinski definition) is 1. The second-order valence-electron chi connectivity index (χ2n) is 9.60. The number of methoxy groups -OCH3 is 1. The number of imidazole rings is 1. The Kier molecular flexibility index (Phi) is 4.91. The fourth-order valence-corrected chi connectivity index (χ4v) is 5.88. The first-order valence-electron chi connectivity index (χ1n) is 11.9. The quantitative estimate of drug-likeness (QED) is 0.403. The standard InChI is InChI=1S/C28H30N2O2/c1-32-26-15-14-22(24-4-2-3-5-25(24)26)18-8-10-20(11-9-18)28(31)27-23(19-6-7-19)13-12-21-16-29-17-30(21)27/h2-5,12-20,28,31H,6-11H2,1H3/t18?,20?,28-/m0/s1. The number of hydrogen-bond acceptors (Lipinski definition) is 3. The maximum absolute atomic E-state index is 11.6. The maximum Gasteiger partial charge on any atom is 0.126 e. The zero-order valence-corrected chi connectivity index (χ0v) is 18.6. The highest BCUT2D eigenvalue weighted by Crippen LogP contribution is 2.47. The van der Waals surface area contributed by atoms with Crippen molar-refractivity contribution in [1.82, 2.24) is 9.38 Å². The molecule has 4 nitrogen and oxygen atoms in total. The summed E-state index contributed by atoms with van der Waals surface area (Å²) in [6, 6.07) is 17.3. The number of pyridine rings is 1. The Bertz CT molecular complexity index is 1270. The van der Waals surface area contributed by atoms with Gasteiger partial charge in [-0.25, -0.2) is 4.98 Å². The molecular formula is C28H30N2O2. The number of aliphatic hydroxyl groups is 1. The van der Waals surface area contributed by atoms with Gasteiger partial charge in [0.2, 0.25) is 0 Å². The monoisotopic (exact) mass is 426 g/mol. The van der Waals surface area contributed by atoms with Gasteiger partial charge in [0.15, 0.2) is 0 Å². The smallest absolute Gasteiger partial charge is 0.126 e. The molecule has 2 heterocycles. The van der Waals surface area contributed by atoms with Gasteiger partial charge in [0, 0.05) is 5.39 Å². The zero-order chi connectivity index (χ0) is 21.7. The highest BCUT2D eigenvalue weighted by Gasteiger charge is 2.34. The Morgan fingerprint density at radius 2 is 1.56 bits per heavy atom. The highest BCUT2D eigenvalue weighted by atomic mass is 16.5. The van der Waals surface area contributed by atoms with E-state index in [-0.39, 0.29) is 0 Å². The molecule has 2 aromatic heterocycles. The fourth-order valence-electron chi connectivity index (χ4n) is 5.88. The van der Waals surface area contributed by atoms with Crippen LogP contribution in [0.15, 0.2) is 61.1 Å². The SMILES string of the molecule is COc1ccc(C2CCC([C@H](O)c3c(C4CC4)ccc4cncn34)CC2)c2ccccc12. The van der Waals surface area contributed by atoms with Crippen LogP contribution in [0.3, 0.4) is 0 Å². The van der Waals surface area contributed by atoms with Gasteiger partial charge in [-0.15, -0.1) is 0 Å². The molecule has 1 N–H and O–H groups in total. The second-order valence-corrected chi connectivity index (χ2v) is 9.60. The lowest BCUT2D eigenvalue weighted by molar-refractivity contribution is 0.0755. The molecule has 2 aliphatic carbocycles. The molecule has 0 saturated heterocycles. The van der Waals surface area contributed by atoms with E-state index in [0.717, 1.165) is 42.6 Å². The number of aliphatic hydroxyl groups excluding tert-OH is 1. The summed E-state index contributed by atoms with van der Waals surface area (Å²) in [6.45, 7) is 0. The normalized spacial score (nSPS) is 22.3. The Labute approximate surface area is 188 Å². The van der Waals surface area contributed by atoms with E-state index in [2.05, 4.69) is 57.9 Å². The van der Waals surface area contributed by atoms with Gasteiger partial charge in [0.1, 0.15) is 5.75 Å². The molecule has 6 rings (SSSR count). The van der Waals surface area contributed by atoms with Gasteiger partial charge in [-0.05, 0) is 84.9 Å². The van der Waals surface area contributed by atoms with E-state index >= 15 is 0 Å². The highest BCUT2D eigenvalue weighted by molar-refractivity contribution is 5.91.